The Kier molecular flexibility index (Phi) is 2.99. The highest BCUT2D eigenvalue weighted by atomic mass is 19.1. The first-order valence-corrected chi connectivity index (χ1v) is 4.00. The van der Waals surface area contributed by atoms with Gasteiger partial charge in [0.1, 0.15) is 5.75 Å². The minimum absolute atomic E-state index is 0.0771. The fourth-order valence-electron chi connectivity index (χ4n) is 1.09. The summed E-state index contributed by atoms with van der Waals surface area (Å²) >= 11 is 0. The summed E-state index contributed by atoms with van der Waals surface area (Å²) in [5.74, 6) is -1.64. The topological polar surface area (TPSA) is 69.4 Å². The highest BCUT2D eigenvalue weighted by Crippen LogP contribution is 2.27. The van der Waals surface area contributed by atoms with Gasteiger partial charge in [-0.25, -0.2) is 0 Å². The third-order valence-corrected chi connectivity index (χ3v) is 1.84. The van der Waals surface area contributed by atoms with Crippen molar-refractivity contribution < 1.29 is 18.8 Å². The van der Waals surface area contributed by atoms with Gasteiger partial charge in [0.25, 0.3) is 0 Å². The van der Waals surface area contributed by atoms with Crippen molar-refractivity contribution in [1.29, 1.82) is 0 Å². The second kappa shape index (κ2) is 4.04. The summed E-state index contributed by atoms with van der Waals surface area (Å²) in [6.07, 6.45) is 0. The number of nitro groups is 1. The number of ketones is 1. The zero-order valence-corrected chi connectivity index (χ0v) is 8.11. The number of ether oxygens (including phenoxy) is 1. The second-order valence-electron chi connectivity index (χ2n) is 2.82. The fourth-order valence-corrected chi connectivity index (χ4v) is 1.09. The van der Waals surface area contributed by atoms with E-state index in [2.05, 4.69) is 0 Å². The Labute approximate surface area is 84.6 Å². The molecule has 1 aromatic carbocycles. The van der Waals surface area contributed by atoms with Crippen molar-refractivity contribution in [3.8, 4) is 5.75 Å². The van der Waals surface area contributed by atoms with E-state index in [1.807, 2.05) is 0 Å². The molecular weight excluding hydrogens is 205 g/mol. The smallest absolute Gasteiger partial charge is 0.309 e. The Bertz CT molecular complexity index is 395. The molecule has 15 heavy (non-hydrogen) atoms. The van der Waals surface area contributed by atoms with Crippen LogP contribution >= 0.6 is 0 Å². The van der Waals surface area contributed by atoms with Crippen LogP contribution in [0.3, 0.4) is 0 Å². The minimum atomic E-state index is -1.13. The van der Waals surface area contributed by atoms with Crippen LogP contribution in [0.2, 0.25) is 0 Å². The maximum atomic E-state index is 13.4. The second-order valence-corrected chi connectivity index (χ2v) is 2.82. The molecule has 0 saturated carbocycles. The van der Waals surface area contributed by atoms with Gasteiger partial charge in [0.05, 0.1) is 23.7 Å². The molecule has 0 saturated heterocycles. The number of Topliss-reactive ketones (excluding diaryl/α,β-unsaturated/α-hetero) is 1. The van der Waals surface area contributed by atoms with Crippen LogP contribution in [0, 0.1) is 15.9 Å². The number of carbonyl (C=O) groups excluding carboxylic acids is 1. The average Bonchev–Trinajstić information content (AvgIpc) is 2.17. The first-order chi connectivity index (χ1) is 6.97. The van der Waals surface area contributed by atoms with E-state index in [-0.39, 0.29) is 11.3 Å². The molecule has 0 heterocycles. The number of halogens is 1. The number of nitro benzene ring substituents is 1. The molecule has 0 atom stereocenters. The summed E-state index contributed by atoms with van der Waals surface area (Å²) in [5.41, 5.74) is -1.11. The molecule has 0 unspecified atom stereocenters. The molecule has 0 aliphatic rings. The van der Waals surface area contributed by atoms with Gasteiger partial charge in [-0.15, -0.1) is 0 Å². The molecule has 0 bridgehead atoms. The highest BCUT2D eigenvalue weighted by molar-refractivity contribution is 5.95. The number of benzene rings is 1. The standard InChI is InChI=1S/C9H8FNO4/c1-5(12)7-3-6(15-2)4-8(9(7)10)11(13)14/h3-4H,1-2H3. The van der Waals surface area contributed by atoms with Crippen LogP contribution in [0.15, 0.2) is 12.1 Å². The number of nitrogens with zero attached hydrogens (tertiary/aromatic N) is 1. The Morgan fingerprint density at radius 3 is 2.53 bits per heavy atom. The van der Waals surface area contributed by atoms with Gasteiger partial charge in [0.2, 0.25) is 5.82 Å². The molecule has 0 aliphatic heterocycles. The van der Waals surface area contributed by atoms with E-state index in [4.69, 9.17) is 4.74 Å². The maximum Gasteiger partial charge on any atom is 0.309 e. The van der Waals surface area contributed by atoms with E-state index in [1.165, 1.54) is 7.11 Å². The Hall–Kier alpha value is -1.98. The molecule has 80 valence electrons. The van der Waals surface area contributed by atoms with E-state index >= 15 is 0 Å². The summed E-state index contributed by atoms with van der Waals surface area (Å²) < 4.78 is 18.1. The lowest BCUT2D eigenvalue weighted by Gasteiger charge is -2.03. The van der Waals surface area contributed by atoms with Crippen molar-refractivity contribution in [3.63, 3.8) is 0 Å². The molecule has 0 aromatic heterocycles. The van der Waals surface area contributed by atoms with Crippen LogP contribution < -0.4 is 4.74 Å². The first kappa shape index (κ1) is 11.1. The largest absolute Gasteiger partial charge is 0.496 e. The third-order valence-electron chi connectivity index (χ3n) is 1.84. The first-order valence-electron chi connectivity index (χ1n) is 4.00. The van der Waals surface area contributed by atoms with Crippen molar-refractivity contribution in [2.75, 3.05) is 7.11 Å². The zero-order chi connectivity index (χ0) is 11.6. The normalized spacial score (nSPS) is 9.80. The molecule has 0 aliphatic carbocycles. The molecule has 0 N–H and O–H groups in total. The van der Waals surface area contributed by atoms with E-state index < -0.39 is 22.2 Å². The minimum Gasteiger partial charge on any atom is -0.496 e. The van der Waals surface area contributed by atoms with Gasteiger partial charge < -0.3 is 4.74 Å². The van der Waals surface area contributed by atoms with Gasteiger partial charge >= 0.3 is 5.69 Å². The maximum absolute atomic E-state index is 13.4. The van der Waals surface area contributed by atoms with E-state index in [9.17, 15) is 19.3 Å². The van der Waals surface area contributed by atoms with Crippen LogP contribution in [0.1, 0.15) is 17.3 Å². The number of hydrogen-bond acceptors (Lipinski definition) is 4. The summed E-state index contributed by atoms with van der Waals surface area (Å²) in [7, 11) is 1.28. The molecule has 0 radical (unpaired) electrons. The number of hydrogen-bond donors (Lipinski definition) is 0. The Morgan fingerprint density at radius 1 is 1.53 bits per heavy atom. The monoisotopic (exact) mass is 213 g/mol. The van der Waals surface area contributed by atoms with Crippen LogP contribution in [-0.4, -0.2) is 17.8 Å². The van der Waals surface area contributed by atoms with Gasteiger partial charge in [-0.2, -0.15) is 4.39 Å². The Balaban J connectivity index is 3.47. The van der Waals surface area contributed by atoms with E-state index in [0.717, 1.165) is 19.1 Å². The van der Waals surface area contributed by atoms with Crippen LogP contribution in [-0.2, 0) is 0 Å². The highest BCUT2D eigenvalue weighted by Gasteiger charge is 2.22. The van der Waals surface area contributed by atoms with E-state index in [1.54, 1.807) is 0 Å². The quantitative estimate of drug-likeness (QED) is 0.437. The summed E-state index contributed by atoms with van der Waals surface area (Å²) in [6.45, 7) is 1.13. The SMILES string of the molecule is COc1cc(C(C)=O)c(F)c([N+](=O)[O-])c1. The third kappa shape index (κ3) is 2.09. The molecule has 0 amide bonds. The molecule has 1 aromatic rings. The zero-order valence-electron chi connectivity index (χ0n) is 8.11. The van der Waals surface area contributed by atoms with E-state index in [0.29, 0.717) is 0 Å². The van der Waals surface area contributed by atoms with Gasteiger partial charge in [-0.3, -0.25) is 14.9 Å². The van der Waals surface area contributed by atoms with Crippen LogP contribution in [0.4, 0.5) is 10.1 Å². The molecular formula is C9H8FNO4. The van der Waals surface area contributed by atoms with Gasteiger partial charge in [0.15, 0.2) is 5.78 Å². The predicted molar refractivity (Wildman–Crippen MR) is 49.6 cm³/mol. The predicted octanol–water partition coefficient (Wildman–Crippen LogP) is 1.95. The Morgan fingerprint density at radius 2 is 2.13 bits per heavy atom. The summed E-state index contributed by atoms with van der Waals surface area (Å²) in [5, 5.41) is 10.5. The number of methoxy groups -OCH3 is 1. The average molecular weight is 213 g/mol. The van der Waals surface area contributed by atoms with Gasteiger partial charge in [-0.05, 0) is 13.0 Å². The van der Waals surface area contributed by atoms with Crippen molar-refractivity contribution in [1.82, 2.24) is 0 Å². The molecule has 1 rings (SSSR count). The van der Waals surface area contributed by atoms with Crippen LogP contribution in [0.25, 0.3) is 0 Å². The van der Waals surface area contributed by atoms with Gasteiger partial charge in [-0.1, -0.05) is 0 Å². The van der Waals surface area contributed by atoms with Crippen molar-refractivity contribution in [2.24, 2.45) is 0 Å². The summed E-state index contributed by atoms with van der Waals surface area (Å²) in [6, 6.07) is 2.06. The fraction of sp³-hybridized carbons (Fsp3) is 0.222. The number of carbonyl (C=O) groups is 1. The lowest BCUT2D eigenvalue weighted by atomic mass is 10.1. The molecule has 6 heteroatoms. The summed E-state index contributed by atoms with van der Waals surface area (Å²) in [4.78, 5) is 20.6. The molecule has 0 spiro atoms. The lowest BCUT2D eigenvalue weighted by molar-refractivity contribution is -0.387. The van der Waals surface area contributed by atoms with Crippen molar-refractivity contribution in [2.45, 2.75) is 6.92 Å². The molecule has 5 nitrogen and oxygen atoms in total. The number of rotatable bonds is 3. The lowest BCUT2D eigenvalue weighted by Crippen LogP contribution is -2.02. The molecule has 0 fully saturated rings. The van der Waals surface area contributed by atoms with Crippen molar-refractivity contribution in [3.05, 3.63) is 33.6 Å². The van der Waals surface area contributed by atoms with Crippen molar-refractivity contribution >= 4 is 11.5 Å². The van der Waals surface area contributed by atoms with Gasteiger partial charge in [0, 0.05) is 0 Å². The van der Waals surface area contributed by atoms with Crippen LogP contribution in [0.5, 0.6) is 5.75 Å².